The number of rotatable bonds is 5. The fourth-order valence-corrected chi connectivity index (χ4v) is 1.72. The van der Waals surface area contributed by atoms with Gasteiger partial charge in [0.25, 0.3) is 0 Å². The van der Waals surface area contributed by atoms with E-state index >= 15 is 0 Å². The summed E-state index contributed by atoms with van der Waals surface area (Å²) in [5.74, 6) is -0.0790. The molecule has 100 valence electrons. The predicted molar refractivity (Wildman–Crippen MR) is 75.8 cm³/mol. The number of ether oxygens (including phenoxy) is 1. The van der Waals surface area contributed by atoms with Gasteiger partial charge < -0.3 is 15.8 Å². The highest BCUT2D eigenvalue weighted by molar-refractivity contribution is 5.48. The molecule has 0 heterocycles. The molecule has 3 nitrogen and oxygen atoms in total. The van der Waals surface area contributed by atoms with Gasteiger partial charge in [0.15, 0.2) is 11.6 Å². The number of hydrogen-bond donors (Lipinski definition) is 2. The van der Waals surface area contributed by atoms with E-state index in [0.29, 0.717) is 13.2 Å². The molecule has 0 radical (unpaired) electrons. The summed E-state index contributed by atoms with van der Waals surface area (Å²) in [5.41, 5.74) is 8.15. The molecule has 0 aliphatic rings. The lowest BCUT2D eigenvalue weighted by Gasteiger charge is -2.09. The van der Waals surface area contributed by atoms with Gasteiger partial charge in [0.05, 0.1) is 6.61 Å². The summed E-state index contributed by atoms with van der Waals surface area (Å²) >= 11 is 0. The molecule has 19 heavy (non-hydrogen) atoms. The second-order valence-corrected chi connectivity index (χ2v) is 4.17. The first-order valence-electron chi connectivity index (χ1n) is 6.19. The van der Waals surface area contributed by atoms with Gasteiger partial charge in [-0.2, -0.15) is 0 Å². The third-order valence-corrected chi connectivity index (χ3v) is 2.71. The van der Waals surface area contributed by atoms with E-state index in [2.05, 4.69) is 5.32 Å². The standard InChI is InChI=1S/C15H17FN2O/c1-2-19-15-8-7-13(9-14(15)16)18-10-11-3-5-12(17)6-4-11/h3-9,18H,2,10,17H2,1H3. The van der Waals surface area contributed by atoms with Crippen molar-refractivity contribution < 1.29 is 9.13 Å². The van der Waals surface area contributed by atoms with Gasteiger partial charge in [-0.05, 0) is 36.8 Å². The minimum Gasteiger partial charge on any atom is -0.491 e. The lowest BCUT2D eigenvalue weighted by molar-refractivity contribution is 0.321. The van der Waals surface area contributed by atoms with Crippen molar-refractivity contribution in [1.29, 1.82) is 0 Å². The van der Waals surface area contributed by atoms with Gasteiger partial charge in [-0.15, -0.1) is 0 Å². The molecule has 0 spiro atoms. The van der Waals surface area contributed by atoms with Crippen LogP contribution in [-0.2, 0) is 6.54 Å². The van der Waals surface area contributed by atoms with Crippen LogP contribution in [0, 0.1) is 5.82 Å². The topological polar surface area (TPSA) is 47.3 Å². The summed E-state index contributed by atoms with van der Waals surface area (Å²) in [6.45, 7) is 2.90. The molecule has 0 atom stereocenters. The van der Waals surface area contributed by atoms with Crippen molar-refractivity contribution in [2.45, 2.75) is 13.5 Å². The molecule has 0 aromatic heterocycles. The molecule has 4 heteroatoms. The smallest absolute Gasteiger partial charge is 0.167 e. The zero-order valence-electron chi connectivity index (χ0n) is 10.8. The molecule has 0 bridgehead atoms. The SMILES string of the molecule is CCOc1ccc(NCc2ccc(N)cc2)cc1F. The number of halogens is 1. The van der Waals surface area contributed by atoms with Crippen LogP contribution < -0.4 is 15.8 Å². The summed E-state index contributed by atoms with van der Waals surface area (Å²) in [5, 5.41) is 3.15. The molecule has 0 saturated carbocycles. The normalized spacial score (nSPS) is 10.2. The molecule has 2 rings (SSSR count). The van der Waals surface area contributed by atoms with Gasteiger partial charge in [-0.3, -0.25) is 0 Å². The first kappa shape index (κ1) is 13.2. The van der Waals surface area contributed by atoms with Crippen molar-refractivity contribution in [3.8, 4) is 5.75 Å². The second-order valence-electron chi connectivity index (χ2n) is 4.17. The van der Waals surface area contributed by atoms with Crippen LogP contribution in [0.1, 0.15) is 12.5 Å². The molecule has 3 N–H and O–H groups in total. The summed E-state index contributed by atoms with van der Waals surface area (Å²) in [4.78, 5) is 0. The van der Waals surface area contributed by atoms with Crippen LogP contribution >= 0.6 is 0 Å². The number of benzene rings is 2. The van der Waals surface area contributed by atoms with Crippen molar-refractivity contribution in [3.05, 3.63) is 53.8 Å². The van der Waals surface area contributed by atoms with Crippen LogP contribution in [0.3, 0.4) is 0 Å². The highest BCUT2D eigenvalue weighted by Gasteiger charge is 2.03. The van der Waals surface area contributed by atoms with Crippen molar-refractivity contribution in [2.75, 3.05) is 17.7 Å². The first-order valence-corrected chi connectivity index (χ1v) is 6.19. The third-order valence-electron chi connectivity index (χ3n) is 2.71. The molecular weight excluding hydrogens is 243 g/mol. The number of nitrogen functional groups attached to an aromatic ring is 1. The Bertz CT molecular complexity index is 540. The lowest BCUT2D eigenvalue weighted by atomic mass is 10.2. The minimum atomic E-state index is -0.357. The predicted octanol–water partition coefficient (Wildman–Crippen LogP) is 3.42. The van der Waals surface area contributed by atoms with E-state index in [-0.39, 0.29) is 11.6 Å². The molecule has 0 amide bonds. The number of nitrogens with two attached hydrogens (primary N) is 1. The van der Waals surface area contributed by atoms with Crippen molar-refractivity contribution in [1.82, 2.24) is 0 Å². The van der Waals surface area contributed by atoms with Crippen LogP contribution in [0.15, 0.2) is 42.5 Å². The van der Waals surface area contributed by atoms with Gasteiger partial charge in [0.1, 0.15) is 0 Å². The zero-order valence-corrected chi connectivity index (χ0v) is 10.8. The van der Waals surface area contributed by atoms with Crippen LogP contribution in [0.2, 0.25) is 0 Å². The fraction of sp³-hybridized carbons (Fsp3) is 0.200. The monoisotopic (exact) mass is 260 g/mol. The average molecular weight is 260 g/mol. The highest BCUT2D eigenvalue weighted by atomic mass is 19.1. The van der Waals surface area contributed by atoms with Crippen molar-refractivity contribution in [3.63, 3.8) is 0 Å². The summed E-state index contributed by atoms with van der Waals surface area (Å²) in [7, 11) is 0. The lowest BCUT2D eigenvalue weighted by Crippen LogP contribution is -2.01. The molecular formula is C15H17FN2O. The Morgan fingerprint density at radius 1 is 1.16 bits per heavy atom. The van der Waals surface area contributed by atoms with Gasteiger partial charge in [0.2, 0.25) is 0 Å². The van der Waals surface area contributed by atoms with E-state index in [1.165, 1.54) is 6.07 Å². The Labute approximate surface area is 112 Å². The maximum Gasteiger partial charge on any atom is 0.167 e. The van der Waals surface area contributed by atoms with E-state index < -0.39 is 0 Å². The van der Waals surface area contributed by atoms with Gasteiger partial charge in [0, 0.05) is 24.0 Å². The zero-order chi connectivity index (χ0) is 13.7. The largest absolute Gasteiger partial charge is 0.491 e. The maximum atomic E-state index is 13.6. The second kappa shape index (κ2) is 6.09. The Hall–Kier alpha value is -2.23. The van der Waals surface area contributed by atoms with Crippen molar-refractivity contribution >= 4 is 11.4 Å². The molecule has 0 saturated heterocycles. The number of anilines is 2. The highest BCUT2D eigenvalue weighted by Crippen LogP contribution is 2.21. The van der Waals surface area contributed by atoms with E-state index in [1.807, 2.05) is 31.2 Å². The van der Waals surface area contributed by atoms with E-state index in [4.69, 9.17) is 10.5 Å². The van der Waals surface area contributed by atoms with Crippen molar-refractivity contribution in [2.24, 2.45) is 0 Å². The van der Waals surface area contributed by atoms with E-state index in [0.717, 1.165) is 16.9 Å². The van der Waals surface area contributed by atoms with Gasteiger partial charge in [-0.25, -0.2) is 4.39 Å². The molecule has 0 aliphatic heterocycles. The molecule has 2 aromatic carbocycles. The maximum absolute atomic E-state index is 13.6. The van der Waals surface area contributed by atoms with Crippen LogP contribution in [0.5, 0.6) is 5.75 Å². The Morgan fingerprint density at radius 3 is 2.53 bits per heavy atom. The third kappa shape index (κ3) is 3.61. The number of nitrogens with one attached hydrogen (secondary N) is 1. The summed E-state index contributed by atoms with van der Waals surface area (Å²) in [6.07, 6.45) is 0. The summed E-state index contributed by atoms with van der Waals surface area (Å²) in [6, 6.07) is 12.4. The van der Waals surface area contributed by atoms with E-state index in [9.17, 15) is 4.39 Å². The minimum absolute atomic E-state index is 0.278. The first-order chi connectivity index (χ1) is 9.19. The number of hydrogen-bond acceptors (Lipinski definition) is 3. The van der Waals surface area contributed by atoms with E-state index in [1.54, 1.807) is 12.1 Å². The molecule has 0 aliphatic carbocycles. The summed E-state index contributed by atoms with van der Waals surface area (Å²) < 4.78 is 18.8. The molecule has 0 unspecified atom stereocenters. The fourth-order valence-electron chi connectivity index (χ4n) is 1.72. The Balaban J connectivity index is 1.99. The quantitative estimate of drug-likeness (QED) is 0.810. The Kier molecular flexibility index (Phi) is 4.23. The molecule has 2 aromatic rings. The Morgan fingerprint density at radius 2 is 1.89 bits per heavy atom. The average Bonchev–Trinajstić information content (AvgIpc) is 2.41. The molecule has 0 fully saturated rings. The van der Waals surface area contributed by atoms with Gasteiger partial charge >= 0.3 is 0 Å². The van der Waals surface area contributed by atoms with Gasteiger partial charge in [-0.1, -0.05) is 12.1 Å². The van der Waals surface area contributed by atoms with Crippen LogP contribution in [0.25, 0.3) is 0 Å². The van der Waals surface area contributed by atoms with Crippen LogP contribution in [0.4, 0.5) is 15.8 Å². The van der Waals surface area contributed by atoms with Crippen LogP contribution in [-0.4, -0.2) is 6.61 Å².